The molecule has 2 nitrogen and oxygen atoms in total. The second-order valence-corrected chi connectivity index (χ2v) is 5.77. The summed E-state index contributed by atoms with van der Waals surface area (Å²) in [5.74, 6) is 0. The fraction of sp³-hybridized carbons (Fsp3) is 1.00. The van der Waals surface area contributed by atoms with Crippen LogP contribution in [0.1, 0.15) is 78.1 Å². The van der Waals surface area contributed by atoms with E-state index in [0.717, 1.165) is 19.4 Å². The van der Waals surface area contributed by atoms with E-state index in [9.17, 15) is 5.11 Å². The van der Waals surface area contributed by atoms with Gasteiger partial charge in [0.25, 0.3) is 0 Å². The number of hydrogen-bond acceptors (Lipinski definition) is 2. The van der Waals surface area contributed by atoms with Gasteiger partial charge in [-0.05, 0) is 25.7 Å². The highest BCUT2D eigenvalue weighted by molar-refractivity contribution is 4.84. The molecule has 1 aliphatic rings. The van der Waals surface area contributed by atoms with Crippen LogP contribution in [0.5, 0.6) is 0 Å². The molecule has 102 valence electrons. The van der Waals surface area contributed by atoms with Gasteiger partial charge in [0.05, 0.1) is 5.60 Å². The van der Waals surface area contributed by atoms with Crippen molar-refractivity contribution in [3.63, 3.8) is 0 Å². The molecule has 1 unspecified atom stereocenters. The van der Waals surface area contributed by atoms with E-state index in [1.54, 1.807) is 0 Å². The van der Waals surface area contributed by atoms with Gasteiger partial charge in [-0.3, -0.25) is 0 Å². The summed E-state index contributed by atoms with van der Waals surface area (Å²) in [6.45, 7) is 5.28. The maximum Gasteiger partial charge on any atom is 0.0771 e. The zero-order chi connectivity index (χ0) is 12.6. The van der Waals surface area contributed by atoms with E-state index in [2.05, 4.69) is 19.2 Å². The van der Waals surface area contributed by atoms with Gasteiger partial charge in [-0.25, -0.2) is 0 Å². The fourth-order valence-corrected chi connectivity index (χ4v) is 2.80. The Kier molecular flexibility index (Phi) is 7.14. The normalized spacial score (nSPS) is 22.1. The lowest BCUT2D eigenvalue weighted by molar-refractivity contribution is 0.0223. The van der Waals surface area contributed by atoms with Crippen molar-refractivity contribution in [1.82, 2.24) is 5.32 Å². The summed E-state index contributed by atoms with van der Waals surface area (Å²) < 4.78 is 0. The van der Waals surface area contributed by atoms with Gasteiger partial charge < -0.3 is 10.4 Å². The average Bonchev–Trinajstić information content (AvgIpc) is 2.55. The summed E-state index contributed by atoms with van der Waals surface area (Å²) in [4.78, 5) is 0. The van der Waals surface area contributed by atoms with Gasteiger partial charge >= 0.3 is 0 Å². The summed E-state index contributed by atoms with van der Waals surface area (Å²) in [5.41, 5.74) is -0.421. The minimum absolute atomic E-state index is 0.421. The minimum Gasteiger partial charge on any atom is -0.389 e. The van der Waals surface area contributed by atoms with Crippen LogP contribution in [0.25, 0.3) is 0 Å². The standard InChI is InChI=1S/C15H31NO/c1-3-5-10-14(4-2)16-13-15(17)11-8-6-7-9-12-15/h14,16-17H,3-13H2,1-2H3. The molecule has 0 saturated heterocycles. The van der Waals surface area contributed by atoms with Gasteiger partial charge in [0.1, 0.15) is 0 Å². The zero-order valence-electron chi connectivity index (χ0n) is 11.8. The summed E-state index contributed by atoms with van der Waals surface area (Å²) in [6.07, 6.45) is 12.0. The Morgan fingerprint density at radius 3 is 2.29 bits per heavy atom. The molecule has 17 heavy (non-hydrogen) atoms. The third-order valence-corrected chi connectivity index (χ3v) is 4.15. The Hall–Kier alpha value is -0.0800. The van der Waals surface area contributed by atoms with Crippen molar-refractivity contribution in [3.05, 3.63) is 0 Å². The number of rotatable bonds is 7. The molecule has 0 radical (unpaired) electrons. The SMILES string of the molecule is CCCCC(CC)NCC1(O)CCCCCC1. The molecule has 1 saturated carbocycles. The maximum atomic E-state index is 10.6. The quantitative estimate of drug-likeness (QED) is 0.667. The Labute approximate surface area is 107 Å². The predicted octanol–water partition coefficient (Wildman–Crippen LogP) is 3.63. The van der Waals surface area contributed by atoms with E-state index in [0.29, 0.717) is 6.04 Å². The van der Waals surface area contributed by atoms with Crippen LogP contribution >= 0.6 is 0 Å². The van der Waals surface area contributed by atoms with Crippen LogP contribution in [0.2, 0.25) is 0 Å². The average molecular weight is 241 g/mol. The van der Waals surface area contributed by atoms with E-state index in [1.807, 2.05) is 0 Å². The summed E-state index contributed by atoms with van der Waals surface area (Å²) >= 11 is 0. The monoisotopic (exact) mass is 241 g/mol. The first-order chi connectivity index (χ1) is 8.20. The highest BCUT2D eigenvalue weighted by atomic mass is 16.3. The molecule has 0 heterocycles. The third-order valence-electron chi connectivity index (χ3n) is 4.15. The van der Waals surface area contributed by atoms with Crippen molar-refractivity contribution in [2.45, 2.75) is 89.7 Å². The Balaban J connectivity index is 2.30. The number of unbranched alkanes of at least 4 members (excludes halogenated alkanes) is 1. The van der Waals surface area contributed by atoms with E-state index in [-0.39, 0.29) is 0 Å². The van der Waals surface area contributed by atoms with Crippen LogP contribution < -0.4 is 5.32 Å². The molecule has 2 N–H and O–H groups in total. The van der Waals surface area contributed by atoms with Crippen molar-refractivity contribution in [2.24, 2.45) is 0 Å². The smallest absolute Gasteiger partial charge is 0.0771 e. The first-order valence-electron chi connectivity index (χ1n) is 7.66. The summed E-state index contributed by atoms with van der Waals surface area (Å²) in [7, 11) is 0. The molecule has 1 atom stereocenters. The molecule has 1 rings (SSSR count). The summed E-state index contributed by atoms with van der Waals surface area (Å²) in [5, 5.41) is 14.2. The predicted molar refractivity (Wildman–Crippen MR) is 74.3 cm³/mol. The van der Waals surface area contributed by atoms with Crippen LogP contribution in [0.3, 0.4) is 0 Å². The molecule has 0 aromatic rings. The van der Waals surface area contributed by atoms with E-state index >= 15 is 0 Å². The molecule has 2 heteroatoms. The number of nitrogens with one attached hydrogen (secondary N) is 1. The van der Waals surface area contributed by atoms with Gasteiger partial charge in [-0.1, -0.05) is 52.4 Å². The molecule has 0 spiro atoms. The topological polar surface area (TPSA) is 32.3 Å². The van der Waals surface area contributed by atoms with Gasteiger partial charge in [-0.2, -0.15) is 0 Å². The maximum absolute atomic E-state index is 10.6. The zero-order valence-corrected chi connectivity index (χ0v) is 11.8. The first-order valence-corrected chi connectivity index (χ1v) is 7.66. The largest absolute Gasteiger partial charge is 0.389 e. The highest BCUT2D eigenvalue weighted by Crippen LogP contribution is 2.26. The Morgan fingerprint density at radius 1 is 1.12 bits per heavy atom. The Morgan fingerprint density at radius 2 is 1.76 bits per heavy atom. The van der Waals surface area contributed by atoms with Gasteiger partial charge in [0.2, 0.25) is 0 Å². The molecular formula is C15H31NO. The minimum atomic E-state index is -0.421. The van der Waals surface area contributed by atoms with Crippen molar-refractivity contribution in [1.29, 1.82) is 0 Å². The van der Waals surface area contributed by atoms with E-state index < -0.39 is 5.60 Å². The van der Waals surface area contributed by atoms with Crippen LogP contribution in [0.15, 0.2) is 0 Å². The highest BCUT2D eigenvalue weighted by Gasteiger charge is 2.28. The van der Waals surface area contributed by atoms with Crippen LogP contribution in [0, 0.1) is 0 Å². The van der Waals surface area contributed by atoms with Crippen LogP contribution in [0.4, 0.5) is 0 Å². The van der Waals surface area contributed by atoms with Crippen LogP contribution in [-0.4, -0.2) is 23.3 Å². The lowest BCUT2D eigenvalue weighted by atomic mass is 9.93. The molecule has 1 fully saturated rings. The molecule has 0 aromatic carbocycles. The van der Waals surface area contributed by atoms with Crippen molar-refractivity contribution in [3.8, 4) is 0 Å². The van der Waals surface area contributed by atoms with Crippen molar-refractivity contribution in [2.75, 3.05) is 6.54 Å². The van der Waals surface area contributed by atoms with Gasteiger partial charge in [-0.15, -0.1) is 0 Å². The second kappa shape index (κ2) is 8.10. The molecule has 0 aromatic heterocycles. The molecule has 0 aliphatic heterocycles. The molecule has 0 bridgehead atoms. The summed E-state index contributed by atoms with van der Waals surface area (Å²) in [6, 6.07) is 0.599. The molecule has 1 aliphatic carbocycles. The lowest BCUT2D eigenvalue weighted by Crippen LogP contribution is -2.44. The molecular weight excluding hydrogens is 210 g/mol. The first kappa shape index (κ1) is 15.0. The van der Waals surface area contributed by atoms with E-state index in [1.165, 1.54) is 51.4 Å². The number of hydrogen-bond donors (Lipinski definition) is 2. The molecule has 0 amide bonds. The number of aliphatic hydroxyl groups is 1. The van der Waals surface area contributed by atoms with Gasteiger partial charge in [0, 0.05) is 12.6 Å². The van der Waals surface area contributed by atoms with E-state index in [4.69, 9.17) is 0 Å². The lowest BCUT2D eigenvalue weighted by Gasteiger charge is -2.29. The van der Waals surface area contributed by atoms with Gasteiger partial charge in [0.15, 0.2) is 0 Å². The van der Waals surface area contributed by atoms with Crippen LogP contribution in [-0.2, 0) is 0 Å². The fourth-order valence-electron chi connectivity index (χ4n) is 2.80. The second-order valence-electron chi connectivity index (χ2n) is 5.77. The van der Waals surface area contributed by atoms with Crippen molar-refractivity contribution >= 4 is 0 Å². The van der Waals surface area contributed by atoms with Crippen molar-refractivity contribution < 1.29 is 5.11 Å². The third kappa shape index (κ3) is 5.87. The Bertz CT molecular complexity index is 185.